The molecule has 0 aliphatic carbocycles. The van der Waals surface area contributed by atoms with Crippen LogP contribution in [-0.4, -0.2) is 35.1 Å². The van der Waals surface area contributed by atoms with Crippen LogP contribution in [0.5, 0.6) is 0 Å². The van der Waals surface area contributed by atoms with Gasteiger partial charge in [0.05, 0.1) is 5.66 Å². The van der Waals surface area contributed by atoms with E-state index < -0.39 is 18.7 Å². The summed E-state index contributed by atoms with van der Waals surface area (Å²) in [6.07, 6.45) is 1.81. The third kappa shape index (κ3) is 3.48. The van der Waals surface area contributed by atoms with Gasteiger partial charge in [-0.3, -0.25) is 4.57 Å². The molecule has 6 heteroatoms. The van der Waals surface area contributed by atoms with Crippen LogP contribution in [0.2, 0.25) is 0 Å². The van der Waals surface area contributed by atoms with E-state index in [9.17, 15) is 14.4 Å². The highest BCUT2D eigenvalue weighted by molar-refractivity contribution is 7.52. The first-order valence-corrected chi connectivity index (χ1v) is 8.66. The van der Waals surface area contributed by atoms with Crippen molar-refractivity contribution in [3.8, 4) is 0 Å². The summed E-state index contributed by atoms with van der Waals surface area (Å²) in [4.78, 5) is 19.6. The molecule has 1 aliphatic heterocycles. The van der Waals surface area contributed by atoms with Gasteiger partial charge in [0.2, 0.25) is 0 Å². The molecular weight excluding hydrogens is 275 g/mol. The number of nitrogens with one attached hydrogen (secondary N) is 1. The van der Waals surface area contributed by atoms with Crippen LogP contribution >= 0.6 is 7.60 Å². The first kappa shape index (κ1) is 15.7. The summed E-state index contributed by atoms with van der Waals surface area (Å²) in [5, 5.41) is 3.24. The fraction of sp³-hybridized carbons (Fsp3) is 0.571. The van der Waals surface area contributed by atoms with E-state index in [2.05, 4.69) is 5.32 Å². The largest absolute Gasteiger partial charge is 0.330 e. The maximum atomic E-state index is 12.0. The summed E-state index contributed by atoms with van der Waals surface area (Å²) in [6, 6.07) is 9.51. The van der Waals surface area contributed by atoms with Crippen molar-refractivity contribution in [3.05, 3.63) is 35.9 Å². The van der Waals surface area contributed by atoms with E-state index in [4.69, 9.17) is 5.73 Å². The molecule has 0 bridgehead atoms. The second-order valence-electron chi connectivity index (χ2n) is 5.61. The molecule has 0 spiro atoms. The molecule has 1 aromatic rings. The van der Waals surface area contributed by atoms with Gasteiger partial charge in [0.25, 0.3) is 0 Å². The van der Waals surface area contributed by atoms with Gasteiger partial charge in [-0.2, -0.15) is 0 Å². The summed E-state index contributed by atoms with van der Waals surface area (Å²) in [5.74, 6) is 0. The highest BCUT2D eigenvalue weighted by atomic mass is 31.2. The topological polar surface area (TPSA) is 95.6 Å². The SMILES string of the molecule is NCC1(C(Cc2ccccc2)P(=O)(O)O)CCNCC1. The van der Waals surface area contributed by atoms with Crippen LogP contribution in [0.3, 0.4) is 0 Å². The van der Waals surface area contributed by atoms with E-state index in [1.807, 2.05) is 30.3 Å². The number of piperidine rings is 1. The zero-order valence-electron chi connectivity index (χ0n) is 11.5. The second kappa shape index (κ2) is 6.37. The summed E-state index contributed by atoms with van der Waals surface area (Å²) >= 11 is 0. The molecule has 1 fully saturated rings. The summed E-state index contributed by atoms with van der Waals surface area (Å²) in [5.41, 5.74) is 5.69. The Balaban J connectivity index is 2.29. The predicted octanol–water partition coefficient (Wildman–Crippen LogP) is 1.10. The zero-order chi connectivity index (χ0) is 14.6. The Kier molecular flexibility index (Phi) is 4.99. The minimum atomic E-state index is -4.20. The maximum Gasteiger partial charge on any atom is 0.329 e. The van der Waals surface area contributed by atoms with Crippen LogP contribution in [0, 0.1) is 5.41 Å². The molecule has 1 aromatic carbocycles. The van der Waals surface area contributed by atoms with E-state index in [0.717, 1.165) is 18.7 Å². The van der Waals surface area contributed by atoms with Crippen molar-refractivity contribution >= 4 is 7.60 Å². The highest BCUT2D eigenvalue weighted by Gasteiger charge is 2.47. The van der Waals surface area contributed by atoms with Gasteiger partial charge in [-0.1, -0.05) is 30.3 Å². The Labute approximate surface area is 119 Å². The van der Waals surface area contributed by atoms with E-state index >= 15 is 0 Å². The maximum absolute atomic E-state index is 12.0. The lowest BCUT2D eigenvalue weighted by molar-refractivity contribution is 0.178. The molecule has 112 valence electrons. The molecule has 1 atom stereocenters. The predicted molar refractivity (Wildman–Crippen MR) is 79.6 cm³/mol. The lowest BCUT2D eigenvalue weighted by Gasteiger charge is -2.43. The van der Waals surface area contributed by atoms with Crippen molar-refractivity contribution in [1.82, 2.24) is 5.32 Å². The smallest absolute Gasteiger partial charge is 0.329 e. The lowest BCUT2D eigenvalue weighted by Crippen LogP contribution is -2.49. The lowest BCUT2D eigenvalue weighted by atomic mass is 9.74. The van der Waals surface area contributed by atoms with Crippen molar-refractivity contribution < 1.29 is 14.4 Å². The fourth-order valence-corrected chi connectivity index (χ4v) is 4.65. The Bertz CT molecular complexity index is 469. The number of nitrogens with two attached hydrogens (primary N) is 1. The number of rotatable bonds is 5. The minimum absolute atomic E-state index is 0.317. The minimum Gasteiger partial charge on any atom is -0.330 e. The highest BCUT2D eigenvalue weighted by Crippen LogP contribution is 2.54. The van der Waals surface area contributed by atoms with Gasteiger partial charge < -0.3 is 20.8 Å². The first-order valence-electron chi connectivity index (χ1n) is 6.98. The summed E-state index contributed by atoms with van der Waals surface area (Å²) in [7, 11) is -4.20. The van der Waals surface area contributed by atoms with E-state index in [1.54, 1.807) is 0 Å². The zero-order valence-corrected chi connectivity index (χ0v) is 12.4. The van der Waals surface area contributed by atoms with E-state index in [-0.39, 0.29) is 0 Å². The van der Waals surface area contributed by atoms with Crippen molar-refractivity contribution in [2.45, 2.75) is 24.9 Å². The van der Waals surface area contributed by atoms with Crippen LogP contribution in [0.1, 0.15) is 18.4 Å². The van der Waals surface area contributed by atoms with Gasteiger partial charge in [0.1, 0.15) is 0 Å². The third-order valence-electron chi connectivity index (χ3n) is 4.39. The van der Waals surface area contributed by atoms with Crippen LogP contribution in [0.25, 0.3) is 0 Å². The van der Waals surface area contributed by atoms with Crippen molar-refractivity contribution in [3.63, 3.8) is 0 Å². The van der Waals surface area contributed by atoms with Crippen molar-refractivity contribution in [1.29, 1.82) is 0 Å². The number of benzene rings is 1. The quantitative estimate of drug-likeness (QED) is 0.611. The first-order chi connectivity index (χ1) is 9.48. The van der Waals surface area contributed by atoms with Gasteiger partial charge >= 0.3 is 7.60 Å². The van der Waals surface area contributed by atoms with Gasteiger partial charge in [0, 0.05) is 0 Å². The second-order valence-corrected chi connectivity index (χ2v) is 7.41. The van der Waals surface area contributed by atoms with Crippen LogP contribution in [0.4, 0.5) is 0 Å². The Morgan fingerprint density at radius 1 is 1.25 bits per heavy atom. The molecule has 0 aromatic heterocycles. The van der Waals surface area contributed by atoms with Crippen LogP contribution in [-0.2, 0) is 11.0 Å². The third-order valence-corrected chi connectivity index (χ3v) is 5.93. The molecule has 1 saturated heterocycles. The summed E-state index contributed by atoms with van der Waals surface area (Å²) < 4.78 is 12.0. The molecule has 1 heterocycles. The molecule has 0 amide bonds. The molecule has 1 aliphatic rings. The van der Waals surface area contributed by atoms with Crippen molar-refractivity contribution in [2.24, 2.45) is 11.1 Å². The molecule has 2 rings (SSSR count). The molecular formula is C14H23N2O3P. The fourth-order valence-electron chi connectivity index (χ4n) is 3.13. The molecule has 0 radical (unpaired) electrons. The van der Waals surface area contributed by atoms with Gasteiger partial charge in [0.15, 0.2) is 0 Å². The summed E-state index contributed by atoms with van der Waals surface area (Å²) in [6.45, 7) is 1.85. The van der Waals surface area contributed by atoms with Crippen LogP contribution < -0.4 is 11.1 Å². The molecule has 20 heavy (non-hydrogen) atoms. The Morgan fingerprint density at radius 3 is 2.35 bits per heavy atom. The van der Waals surface area contributed by atoms with Crippen LogP contribution in [0.15, 0.2) is 30.3 Å². The number of hydrogen-bond acceptors (Lipinski definition) is 3. The van der Waals surface area contributed by atoms with Gasteiger partial charge in [-0.25, -0.2) is 0 Å². The Morgan fingerprint density at radius 2 is 1.85 bits per heavy atom. The normalized spacial score (nSPS) is 20.6. The average molecular weight is 298 g/mol. The Hall–Kier alpha value is -0.710. The molecule has 5 N–H and O–H groups in total. The molecule has 0 saturated carbocycles. The monoisotopic (exact) mass is 298 g/mol. The van der Waals surface area contributed by atoms with Gasteiger partial charge in [-0.05, 0) is 49.9 Å². The standard InChI is InChI=1S/C14H23N2O3P/c15-11-14(6-8-16-9-7-14)13(20(17,18)19)10-12-4-2-1-3-5-12/h1-5,13,16H,6-11,15H2,(H2,17,18,19). The number of hydrogen-bond donors (Lipinski definition) is 4. The molecule has 1 unspecified atom stereocenters. The average Bonchev–Trinajstić information content (AvgIpc) is 2.45. The molecule has 5 nitrogen and oxygen atoms in total. The van der Waals surface area contributed by atoms with E-state index in [0.29, 0.717) is 25.8 Å². The van der Waals surface area contributed by atoms with Gasteiger partial charge in [-0.15, -0.1) is 0 Å². The van der Waals surface area contributed by atoms with Crippen molar-refractivity contribution in [2.75, 3.05) is 19.6 Å². The van der Waals surface area contributed by atoms with E-state index in [1.165, 1.54) is 0 Å².